The number of carbonyl (C=O) groups is 1. The van der Waals surface area contributed by atoms with Crippen LogP contribution in [0.15, 0.2) is 0 Å². The Morgan fingerprint density at radius 1 is 1.24 bits per heavy atom. The number of hydrogen-bond acceptors (Lipinski definition) is 2. The summed E-state index contributed by atoms with van der Waals surface area (Å²) in [7, 11) is 0. The number of likely N-dealkylation sites (tertiary alicyclic amines) is 1. The first-order valence-corrected chi connectivity index (χ1v) is 6.57. The minimum atomic E-state index is -0.0566. The summed E-state index contributed by atoms with van der Waals surface area (Å²) in [4.78, 5) is 14.1. The molecule has 0 saturated carbocycles. The molecule has 1 saturated heterocycles. The Balaban J connectivity index is 0.00000256. The second-order valence-corrected chi connectivity index (χ2v) is 5.44. The third kappa shape index (κ3) is 6.89. The van der Waals surface area contributed by atoms with Gasteiger partial charge in [0.2, 0.25) is 5.91 Å². The highest BCUT2D eigenvalue weighted by Crippen LogP contribution is 2.10. The van der Waals surface area contributed by atoms with Gasteiger partial charge in [0.05, 0.1) is 0 Å². The van der Waals surface area contributed by atoms with Crippen molar-refractivity contribution < 1.29 is 4.79 Å². The number of amides is 1. The van der Waals surface area contributed by atoms with Gasteiger partial charge in [0.15, 0.2) is 0 Å². The van der Waals surface area contributed by atoms with Gasteiger partial charge >= 0.3 is 0 Å². The highest BCUT2D eigenvalue weighted by molar-refractivity contribution is 5.85. The number of halogens is 1. The van der Waals surface area contributed by atoms with Crippen molar-refractivity contribution in [1.82, 2.24) is 10.2 Å². The molecule has 0 atom stereocenters. The minimum absolute atomic E-state index is 0. The normalized spacial score (nSPS) is 17.4. The van der Waals surface area contributed by atoms with Gasteiger partial charge in [0.1, 0.15) is 0 Å². The molecule has 1 fully saturated rings. The van der Waals surface area contributed by atoms with Crippen LogP contribution in [0.2, 0.25) is 0 Å². The van der Waals surface area contributed by atoms with Crippen LogP contribution in [0.3, 0.4) is 0 Å². The summed E-state index contributed by atoms with van der Waals surface area (Å²) in [6.07, 6.45) is 5.56. The van der Waals surface area contributed by atoms with Crippen molar-refractivity contribution in [2.75, 3.05) is 19.6 Å². The topological polar surface area (TPSA) is 32.3 Å². The number of hydrogen-bond donors (Lipinski definition) is 1. The van der Waals surface area contributed by atoms with Gasteiger partial charge in [-0.3, -0.25) is 4.79 Å². The Kier molecular flexibility index (Phi) is 7.80. The molecular formula is C13H27ClN2O. The lowest BCUT2D eigenvalue weighted by Crippen LogP contribution is -2.44. The first-order chi connectivity index (χ1) is 7.53. The zero-order valence-corrected chi connectivity index (χ0v) is 12.2. The maximum Gasteiger partial charge on any atom is 0.221 e. The molecule has 0 bridgehead atoms. The van der Waals surface area contributed by atoms with Crippen molar-refractivity contribution in [2.45, 2.75) is 58.4 Å². The van der Waals surface area contributed by atoms with E-state index in [1.54, 1.807) is 0 Å². The first-order valence-electron chi connectivity index (χ1n) is 6.57. The molecule has 0 unspecified atom stereocenters. The van der Waals surface area contributed by atoms with Crippen LogP contribution in [0.4, 0.5) is 0 Å². The van der Waals surface area contributed by atoms with Gasteiger partial charge in [-0.05, 0) is 46.2 Å². The summed E-state index contributed by atoms with van der Waals surface area (Å²) in [5.74, 6) is 0.192. The third-order valence-electron chi connectivity index (χ3n) is 3.47. The van der Waals surface area contributed by atoms with E-state index >= 15 is 0 Å². The number of nitrogens with zero attached hydrogens (tertiary/aromatic N) is 1. The molecule has 0 spiro atoms. The molecule has 1 N–H and O–H groups in total. The summed E-state index contributed by atoms with van der Waals surface area (Å²) >= 11 is 0. The Hall–Kier alpha value is -0.280. The van der Waals surface area contributed by atoms with Gasteiger partial charge in [-0.2, -0.15) is 0 Å². The van der Waals surface area contributed by atoms with E-state index < -0.39 is 0 Å². The first kappa shape index (κ1) is 16.7. The number of piperidine rings is 1. The molecule has 1 aliphatic heterocycles. The zero-order chi connectivity index (χ0) is 12.0. The summed E-state index contributed by atoms with van der Waals surface area (Å²) in [5, 5.41) is 3.08. The largest absolute Gasteiger partial charge is 0.351 e. The average molecular weight is 263 g/mol. The van der Waals surface area contributed by atoms with Crippen LogP contribution >= 0.6 is 12.4 Å². The van der Waals surface area contributed by atoms with E-state index in [-0.39, 0.29) is 23.9 Å². The van der Waals surface area contributed by atoms with E-state index in [1.807, 2.05) is 0 Å². The van der Waals surface area contributed by atoms with Gasteiger partial charge in [0.25, 0.3) is 0 Å². The molecule has 0 aromatic rings. The molecule has 1 rings (SSSR count). The van der Waals surface area contributed by atoms with Gasteiger partial charge in [0, 0.05) is 18.5 Å². The predicted octanol–water partition coefficient (Wildman–Crippen LogP) is 2.59. The van der Waals surface area contributed by atoms with E-state index in [1.165, 1.54) is 32.4 Å². The third-order valence-corrected chi connectivity index (χ3v) is 3.47. The second-order valence-electron chi connectivity index (χ2n) is 5.44. The minimum Gasteiger partial charge on any atom is -0.351 e. The van der Waals surface area contributed by atoms with Crippen LogP contribution < -0.4 is 5.32 Å². The van der Waals surface area contributed by atoms with Crippen LogP contribution in [-0.2, 0) is 4.79 Å². The molecule has 4 heteroatoms. The van der Waals surface area contributed by atoms with Crippen LogP contribution in [0.25, 0.3) is 0 Å². The van der Waals surface area contributed by atoms with Crippen molar-refractivity contribution in [1.29, 1.82) is 0 Å². The van der Waals surface area contributed by atoms with Crippen molar-refractivity contribution in [3.63, 3.8) is 0 Å². The highest BCUT2D eigenvalue weighted by atomic mass is 35.5. The van der Waals surface area contributed by atoms with Gasteiger partial charge in [-0.1, -0.05) is 13.3 Å². The predicted molar refractivity (Wildman–Crippen MR) is 74.7 cm³/mol. The van der Waals surface area contributed by atoms with E-state index in [0.29, 0.717) is 6.42 Å². The molecule has 0 aromatic carbocycles. The smallest absolute Gasteiger partial charge is 0.221 e. The van der Waals surface area contributed by atoms with Crippen LogP contribution in [0, 0.1) is 0 Å². The van der Waals surface area contributed by atoms with E-state index in [4.69, 9.17) is 0 Å². The Labute approximate surface area is 112 Å². The van der Waals surface area contributed by atoms with Gasteiger partial charge in [-0.15, -0.1) is 12.4 Å². The van der Waals surface area contributed by atoms with Crippen molar-refractivity contribution in [2.24, 2.45) is 0 Å². The fourth-order valence-corrected chi connectivity index (χ4v) is 1.97. The monoisotopic (exact) mass is 262 g/mol. The van der Waals surface area contributed by atoms with Crippen molar-refractivity contribution in [3.05, 3.63) is 0 Å². The molecular weight excluding hydrogens is 236 g/mol. The Morgan fingerprint density at radius 3 is 2.35 bits per heavy atom. The fourth-order valence-electron chi connectivity index (χ4n) is 1.97. The summed E-state index contributed by atoms with van der Waals surface area (Å²) in [5.41, 5.74) is -0.0566. The number of rotatable bonds is 5. The highest BCUT2D eigenvalue weighted by Gasteiger charge is 2.18. The SMILES string of the molecule is CCC(C)(C)NC(=O)CCN1CCCCC1.Cl. The zero-order valence-electron chi connectivity index (χ0n) is 11.4. The van der Waals surface area contributed by atoms with Crippen LogP contribution in [0.5, 0.6) is 0 Å². The van der Waals surface area contributed by atoms with Gasteiger partial charge in [-0.25, -0.2) is 0 Å². The van der Waals surface area contributed by atoms with Crippen LogP contribution in [-0.4, -0.2) is 36.0 Å². The Bertz CT molecular complexity index is 225. The van der Waals surface area contributed by atoms with E-state index in [2.05, 4.69) is 31.0 Å². The van der Waals surface area contributed by atoms with Crippen molar-refractivity contribution in [3.8, 4) is 0 Å². The molecule has 1 amide bonds. The maximum absolute atomic E-state index is 11.7. The Morgan fingerprint density at radius 2 is 1.82 bits per heavy atom. The molecule has 0 radical (unpaired) electrons. The fraction of sp³-hybridized carbons (Fsp3) is 0.923. The average Bonchev–Trinajstić information content (AvgIpc) is 2.27. The van der Waals surface area contributed by atoms with Gasteiger partial charge < -0.3 is 10.2 Å². The van der Waals surface area contributed by atoms with Crippen LogP contribution in [0.1, 0.15) is 52.9 Å². The lowest BCUT2D eigenvalue weighted by Gasteiger charge is -2.28. The standard InChI is InChI=1S/C13H26N2O.ClH/c1-4-13(2,3)14-12(16)8-11-15-9-6-5-7-10-15;/h4-11H2,1-3H3,(H,14,16);1H. The lowest BCUT2D eigenvalue weighted by molar-refractivity contribution is -0.123. The van der Waals surface area contributed by atoms with Crippen molar-refractivity contribution >= 4 is 18.3 Å². The molecule has 102 valence electrons. The second kappa shape index (κ2) is 7.93. The maximum atomic E-state index is 11.7. The number of carbonyl (C=O) groups excluding carboxylic acids is 1. The molecule has 1 heterocycles. The molecule has 0 aliphatic carbocycles. The summed E-state index contributed by atoms with van der Waals surface area (Å²) < 4.78 is 0. The van der Waals surface area contributed by atoms with E-state index in [9.17, 15) is 4.79 Å². The number of nitrogens with one attached hydrogen (secondary N) is 1. The molecule has 17 heavy (non-hydrogen) atoms. The summed E-state index contributed by atoms with van der Waals surface area (Å²) in [6.45, 7) is 9.52. The molecule has 0 aromatic heterocycles. The van der Waals surface area contributed by atoms with E-state index in [0.717, 1.165) is 13.0 Å². The molecule has 1 aliphatic rings. The quantitative estimate of drug-likeness (QED) is 0.826. The molecule has 3 nitrogen and oxygen atoms in total. The lowest BCUT2D eigenvalue weighted by atomic mass is 10.0. The summed E-state index contributed by atoms with van der Waals surface area (Å²) in [6, 6.07) is 0.